The van der Waals surface area contributed by atoms with Crippen LogP contribution in [0.4, 0.5) is 0 Å². The van der Waals surface area contributed by atoms with Gasteiger partial charge in [0.15, 0.2) is 0 Å². The molecule has 36 heavy (non-hydrogen) atoms. The largest absolute Gasteiger partial charge is 0.480 e. The van der Waals surface area contributed by atoms with E-state index < -0.39 is 79.1 Å². The van der Waals surface area contributed by atoms with Gasteiger partial charge in [-0.15, -0.1) is 19.7 Å². The zero-order valence-corrected chi connectivity index (χ0v) is 19.5. The van der Waals surface area contributed by atoms with Crippen molar-refractivity contribution in [3.63, 3.8) is 0 Å². The molecule has 0 heterocycles. The number of nitrogens with zero attached hydrogens (tertiary/aromatic N) is 1. The molecule has 0 aromatic heterocycles. The maximum atomic E-state index is 12.2. The summed E-state index contributed by atoms with van der Waals surface area (Å²) in [5.74, 6) is -4.17. The predicted molar refractivity (Wildman–Crippen MR) is 123 cm³/mol. The van der Waals surface area contributed by atoms with E-state index in [9.17, 15) is 65.8 Å². The quantitative estimate of drug-likeness (QED) is 0.0572. The molecule has 0 amide bonds. The van der Waals surface area contributed by atoms with Crippen molar-refractivity contribution in [2.24, 2.45) is 0 Å². The number of hydrogen-bond donors (Lipinski definition) is 11. The Hall–Kier alpha value is -2.24. The zero-order valence-electron chi connectivity index (χ0n) is 19.5. The first kappa shape index (κ1) is 33.8. The highest BCUT2D eigenvalue weighted by Gasteiger charge is 2.52. The van der Waals surface area contributed by atoms with Gasteiger partial charge in [0.25, 0.3) is 0 Å². The predicted octanol–water partition coefficient (Wildman–Crippen LogP) is -3.87. The molecule has 0 saturated carbocycles. The van der Waals surface area contributed by atoms with Gasteiger partial charge in [0, 0.05) is 0 Å². The third kappa shape index (κ3) is 8.70. The van der Waals surface area contributed by atoms with Crippen molar-refractivity contribution in [1.29, 1.82) is 0 Å². The number of carboxylic acids is 2. The van der Waals surface area contributed by atoms with E-state index in [-0.39, 0.29) is 24.2 Å². The molecular weight excluding hydrogens is 486 g/mol. The van der Waals surface area contributed by atoms with Crippen LogP contribution in [-0.2, 0) is 9.59 Å². The van der Waals surface area contributed by atoms with Crippen LogP contribution in [0.25, 0.3) is 0 Å². The van der Waals surface area contributed by atoms with Crippen LogP contribution in [0.2, 0.25) is 0 Å². The summed E-state index contributed by atoms with van der Waals surface area (Å²) in [6.07, 6.45) is -17.8. The molecule has 0 rings (SSSR count). The second-order valence-corrected chi connectivity index (χ2v) is 8.16. The van der Waals surface area contributed by atoms with E-state index in [1.54, 1.807) is 0 Å². The summed E-state index contributed by atoms with van der Waals surface area (Å²) in [4.78, 5) is 24.3. The number of aliphatic hydroxyl groups is 9. The first-order valence-corrected chi connectivity index (χ1v) is 10.9. The Morgan fingerprint density at radius 1 is 0.556 bits per heavy atom. The van der Waals surface area contributed by atoms with Crippen molar-refractivity contribution in [3.8, 4) is 0 Å². The van der Waals surface area contributed by atoms with Gasteiger partial charge in [-0.3, -0.25) is 9.59 Å². The van der Waals surface area contributed by atoms with Gasteiger partial charge in [-0.05, 0) is 19.3 Å². The van der Waals surface area contributed by atoms with Crippen molar-refractivity contribution in [2.75, 3.05) is 0 Å². The van der Waals surface area contributed by atoms with Gasteiger partial charge in [-0.25, -0.2) is 4.90 Å². The molecule has 14 heteroatoms. The number of hydrogen-bond acceptors (Lipinski definition) is 12. The van der Waals surface area contributed by atoms with Crippen molar-refractivity contribution in [3.05, 3.63) is 38.0 Å². The van der Waals surface area contributed by atoms with Crippen LogP contribution < -0.4 is 0 Å². The van der Waals surface area contributed by atoms with E-state index in [4.69, 9.17) is 0 Å². The molecule has 0 aliphatic heterocycles. The lowest BCUT2D eigenvalue weighted by Gasteiger charge is -2.44. The lowest BCUT2D eigenvalue weighted by atomic mass is 9.91. The minimum absolute atomic E-state index is 0.0509. The summed E-state index contributed by atoms with van der Waals surface area (Å²) >= 11 is 0. The Bertz CT molecular complexity index is 689. The van der Waals surface area contributed by atoms with Gasteiger partial charge >= 0.3 is 11.9 Å². The highest BCUT2D eigenvalue weighted by atomic mass is 16.4. The molecule has 0 fully saturated rings. The smallest absolute Gasteiger partial charge is 0.323 e. The summed E-state index contributed by atoms with van der Waals surface area (Å²) in [6.45, 7) is 9.95. The van der Waals surface area contributed by atoms with E-state index in [0.29, 0.717) is 0 Å². The molecule has 0 bridgehead atoms. The lowest BCUT2D eigenvalue weighted by Crippen LogP contribution is -2.69. The standard InChI is InChI=1S/C22H37NO13/c1-4-7-10(24)15(27)18(30)13(21(33)34)23(20(32)17(29)12(26)9-6-3)14(22(35)36)19(31)16(28)11(25)8-5-2/h4-6,10-20,24-32H,1-3,7-9H2,(H,33,34)(H,35,36). The minimum atomic E-state index is -2.65. The fourth-order valence-corrected chi connectivity index (χ4v) is 3.54. The summed E-state index contributed by atoms with van der Waals surface area (Å²) in [7, 11) is 0. The van der Waals surface area contributed by atoms with Crippen LogP contribution in [0.5, 0.6) is 0 Å². The summed E-state index contributed by atoms with van der Waals surface area (Å²) in [5, 5.41) is 113. The Morgan fingerprint density at radius 3 is 1.08 bits per heavy atom. The molecule has 11 N–H and O–H groups in total. The molecule has 11 unspecified atom stereocenters. The van der Waals surface area contributed by atoms with Gasteiger partial charge in [0.05, 0.1) is 18.3 Å². The molecule has 0 aliphatic rings. The monoisotopic (exact) mass is 523 g/mol. The van der Waals surface area contributed by atoms with Crippen LogP contribution in [0.15, 0.2) is 38.0 Å². The third-order valence-corrected chi connectivity index (χ3v) is 5.51. The van der Waals surface area contributed by atoms with E-state index in [1.165, 1.54) is 0 Å². The molecule has 0 aromatic carbocycles. The van der Waals surface area contributed by atoms with Crippen LogP contribution in [0.1, 0.15) is 19.3 Å². The number of carbonyl (C=O) groups is 2. The Labute approximate surface area is 207 Å². The summed E-state index contributed by atoms with van der Waals surface area (Å²) < 4.78 is 0. The molecule has 0 spiro atoms. The van der Waals surface area contributed by atoms with E-state index >= 15 is 0 Å². The van der Waals surface area contributed by atoms with E-state index in [2.05, 4.69) is 19.7 Å². The minimum Gasteiger partial charge on any atom is -0.480 e. The normalized spacial score (nSPS) is 21.1. The highest BCUT2D eigenvalue weighted by molar-refractivity contribution is 5.78. The first-order valence-electron chi connectivity index (χ1n) is 10.9. The average Bonchev–Trinajstić information content (AvgIpc) is 2.81. The second kappa shape index (κ2) is 15.8. The van der Waals surface area contributed by atoms with Gasteiger partial charge in [0.2, 0.25) is 0 Å². The SMILES string of the molecule is C=CCC(O)C(O)C(O)C(C(=O)O)N(C(O)C(O)C(O)CC=C)C(C(=O)O)C(O)C(O)C(O)CC=C. The van der Waals surface area contributed by atoms with E-state index in [0.717, 1.165) is 18.2 Å². The number of aliphatic hydroxyl groups excluding tert-OH is 9. The van der Waals surface area contributed by atoms with Crippen LogP contribution in [-0.4, -0.2) is 140 Å². The molecule has 14 nitrogen and oxygen atoms in total. The van der Waals surface area contributed by atoms with Crippen molar-refractivity contribution in [1.82, 2.24) is 4.90 Å². The third-order valence-electron chi connectivity index (χ3n) is 5.51. The fourth-order valence-electron chi connectivity index (χ4n) is 3.54. The molecule has 0 saturated heterocycles. The Morgan fingerprint density at radius 2 is 0.833 bits per heavy atom. The average molecular weight is 524 g/mol. The van der Waals surface area contributed by atoms with Crippen molar-refractivity contribution in [2.45, 2.75) is 86.4 Å². The number of aliphatic carboxylic acids is 2. The lowest BCUT2D eigenvalue weighted by molar-refractivity contribution is -0.212. The van der Waals surface area contributed by atoms with Gasteiger partial charge in [-0.2, -0.15) is 0 Å². The molecule has 0 aromatic rings. The topological polar surface area (TPSA) is 260 Å². The number of carboxylic acid groups (broad SMARTS) is 2. The number of rotatable bonds is 19. The highest BCUT2D eigenvalue weighted by Crippen LogP contribution is 2.25. The van der Waals surface area contributed by atoms with Crippen LogP contribution >= 0.6 is 0 Å². The maximum absolute atomic E-state index is 12.2. The Balaban J connectivity index is 6.84. The second-order valence-electron chi connectivity index (χ2n) is 8.16. The molecule has 208 valence electrons. The summed E-state index contributed by atoms with van der Waals surface area (Å²) in [6, 6.07) is -5.31. The maximum Gasteiger partial charge on any atom is 0.323 e. The van der Waals surface area contributed by atoms with E-state index in [1.807, 2.05) is 0 Å². The molecule has 0 radical (unpaired) electrons. The molecule has 11 atom stereocenters. The van der Waals surface area contributed by atoms with Crippen LogP contribution in [0.3, 0.4) is 0 Å². The van der Waals surface area contributed by atoms with Gasteiger partial charge < -0.3 is 56.2 Å². The van der Waals surface area contributed by atoms with Crippen LogP contribution in [0, 0.1) is 0 Å². The first-order chi connectivity index (χ1) is 16.7. The fraction of sp³-hybridized carbons (Fsp3) is 0.636. The zero-order chi connectivity index (χ0) is 28.3. The van der Waals surface area contributed by atoms with Gasteiger partial charge in [0.1, 0.15) is 48.8 Å². The van der Waals surface area contributed by atoms with Crippen molar-refractivity contribution >= 4 is 11.9 Å². The van der Waals surface area contributed by atoms with Crippen molar-refractivity contribution < 1.29 is 65.8 Å². The summed E-state index contributed by atoms with van der Waals surface area (Å²) in [5.41, 5.74) is 0. The van der Waals surface area contributed by atoms with Gasteiger partial charge in [-0.1, -0.05) is 18.2 Å². The molecule has 0 aliphatic carbocycles. The Kier molecular flexibility index (Phi) is 14.8. The molecular formula is C22H37NO13.